The summed E-state index contributed by atoms with van der Waals surface area (Å²) in [5.41, 5.74) is 2.71. The maximum Gasteiger partial charge on any atom is 0.203 e. The maximum atomic E-state index is 12.3. The average Bonchev–Trinajstić information content (AvgIpc) is 2.43. The molecule has 2 nitrogen and oxygen atoms in total. The number of carbonyl (C=O) groups is 1. The van der Waals surface area contributed by atoms with E-state index in [9.17, 15) is 4.79 Å². The summed E-state index contributed by atoms with van der Waals surface area (Å²) in [4.78, 5) is 12.3. The molecule has 4 heteroatoms. The fourth-order valence-electron chi connectivity index (χ4n) is 2.11. The van der Waals surface area contributed by atoms with Crippen molar-refractivity contribution >= 4 is 33.3 Å². The lowest BCUT2D eigenvalue weighted by Gasteiger charge is -2.15. The number of benzene rings is 2. The van der Waals surface area contributed by atoms with Gasteiger partial charge in [-0.1, -0.05) is 39.7 Å². The standard InChI is InChI=1S/C17H16BrClO2/c1-10-7-15(8-11(2)16(10)18)21-12(3)17(20)13-5-4-6-14(19)9-13/h4-9,12H,1-3H3. The van der Waals surface area contributed by atoms with Gasteiger partial charge >= 0.3 is 0 Å². The molecule has 1 atom stereocenters. The quantitative estimate of drug-likeness (QED) is 0.679. The molecule has 2 rings (SSSR count). The summed E-state index contributed by atoms with van der Waals surface area (Å²) >= 11 is 9.43. The lowest BCUT2D eigenvalue weighted by molar-refractivity contribution is 0.0818. The van der Waals surface area contributed by atoms with Crippen LogP contribution in [0.3, 0.4) is 0 Å². The monoisotopic (exact) mass is 366 g/mol. The van der Waals surface area contributed by atoms with Gasteiger partial charge in [-0.3, -0.25) is 4.79 Å². The lowest BCUT2D eigenvalue weighted by atomic mass is 10.1. The van der Waals surface area contributed by atoms with Crippen LogP contribution in [0.1, 0.15) is 28.4 Å². The molecule has 0 aliphatic carbocycles. The number of ketones is 1. The Morgan fingerprint density at radius 1 is 1.19 bits per heavy atom. The largest absolute Gasteiger partial charge is 0.483 e. The Labute approximate surface area is 138 Å². The van der Waals surface area contributed by atoms with Gasteiger partial charge in [0.2, 0.25) is 5.78 Å². The van der Waals surface area contributed by atoms with Crippen molar-refractivity contribution in [2.75, 3.05) is 0 Å². The fourth-order valence-corrected chi connectivity index (χ4v) is 2.53. The van der Waals surface area contributed by atoms with Crippen molar-refractivity contribution in [2.24, 2.45) is 0 Å². The van der Waals surface area contributed by atoms with Crippen LogP contribution in [0.25, 0.3) is 0 Å². The van der Waals surface area contributed by atoms with Gasteiger partial charge in [0.15, 0.2) is 6.10 Å². The molecule has 0 bridgehead atoms. The minimum Gasteiger partial charge on any atom is -0.483 e. The van der Waals surface area contributed by atoms with Crippen LogP contribution >= 0.6 is 27.5 Å². The van der Waals surface area contributed by atoms with Gasteiger partial charge in [-0.15, -0.1) is 0 Å². The number of rotatable bonds is 4. The van der Waals surface area contributed by atoms with Gasteiger partial charge < -0.3 is 4.74 Å². The van der Waals surface area contributed by atoms with E-state index in [4.69, 9.17) is 16.3 Å². The highest BCUT2D eigenvalue weighted by Crippen LogP contribution is 2.27. The van der Waals surface area contributed by atoms with E-state index < -0.39 is 6.10 Å². The van der Waals surface area contributed by atoms with E-state index in [1.165, 1.54) is 0 Å². The highest BCUT2D eigenvalue weighted by molar-refractivity contribution is 9.10. The zero-order valence-electron chi connectivity index (χ0n) is 12.1. The van der Waals surface area contributed by atoms with Crippen LogP contribution in [0.2, 0.25) is 5.02 Å². The smallest absolute Gasteiger partial charge is 0.203 e. The van der Waals surface area contributed by atoms with Crippen molar-refractivity contribution in [3.05, 3.63) is 62.6 Å². The molecule has 0 fully saturated rings. The molecule has 21 heavy (non-hydrogen) atoms. The third-order valence-electron chi connectivity index (χ3n) is 3.20. The predicted octanol–water partition coefficient (Wildman–Crippen LogP) is 5.37. The highest BCUT2D eigenvalue weighted by atomic mass is 79.9. The molecule has 0 radical (unpaired) electrons. The Balaban J connectivity index is 2.18. The fraction of sp³-hybridized carbons (Fsp3) is 0.235. The summed E-state index contributed by atoms with van der Waals surface area (Å²) in [5, 5.41) is 0.545. The van der Waals surface area contributed by atoms with Crippen LogP contribution in [-0.4, -0.2) is 11.9 Å². The van der Waals surface area contributed by atoms with Crippen LogP contribution in [0.15, 0.2) is 40.9 Å². The topological polar surface area (TPSA) is 26.3 Å². The van der Waals surface area contributed by atoms with Crippen LogP contribution < -0.4 is 4.74 Å². The summed E-state index contributed by atoms with van der Waals surface area (Å²) in [5.74, 6) is 0.604. The molecule has 2 aromatic rings. The van der Waals surface area contributed by atoms with Crippen molar-refractivity contribution < 1.29 is 9.53 Å². The summed E-state index contributed by atoms with van der Waals surface area (Å²) in [6, 6.07) is 10.7. The van der Waals surface area contributed by atoms with Gasteiger partial charge in [0.05, 0.1) is 0 Å². The Morgan fingerprint density at radius 2 is 1.81 bits per heavy atom. The Bertz CT molecular complexity index is 659. The molecule has 0 spiro atoms. The molecule has 0 N–H and O–H groups in total. The second-order valence-electron chi connectivity index (χ2n) is 5.01. The minimum absolute atomic E-state index is 0.0873. The summed E-state index contributed by atoms with van der Waals surface area (Å²) in [6.07, 6.45) is -0.566. The van der Waals surface area contributed by atoms with Crippen molar-refractivity contribution in [2.45, 2.75) is 26.9 Å². The number of aryl methyl sites for hydroxylation is 2. The van der Waals surface area contributed by atoms with Crippen LogP contribution in [-0.2, 0) is 0 Å². The van der Waals surface area contributed by atoms with E-state index >= 15 is 0 Å². The van der Waals surface area contributed by atoms with Crippen molar-refractivity contribution in [1.29, 1.82) is 0 Å². The number of hydrogen-bond donors (Lipinski definition) is 0. The van der Waals surface area contributed by atoms with Gasteiger partial charge in [0.25, 0.3) is 0 Å². The first-order valence-electron chi connectivity index (χ1n) is 6.61. The average molecular weight is 368 g/mol. The summed E-state index contributed by atoms with van der Waals surface area (Å²) in [6.45, 7) is 5.73. The van der Waals surface area contributed by atoms with Gasteiger partial charge in [-0.2, -0.15) is 0 Å². The molecule has 0 saturated carbocycles. The van der Waals surface area contributed by atoms with Gasteiger partial charge in [0, 0.05) is 15.1 Å². The molecule has 0 aliphatic heterocycles. The Kier molecular flexibility index (Phi) is 5.07. The molecule has 1 unspecified atom stereocenters. The molecule has 2 aromatic carbocycles. The third-order valence-corrected chi connectivity index (χ3v) is 4.69. The first-order valence-corrected chi connectivity index (χ1v) is 7.78. The molecule has 0 amide bonds. The molecular weight excluding hydrogens is 352 g/mol. The Morgan fingerprint density at radius 3 is 2.38 bits per heavy atom. The normalized spacial score (nSPS) is 12.0. The number of hydrogen-bond acceptors (Lipinski definition) is 2. The van der Waals surface area contributed by atoms with Crippen molar-refractivity contribution in [1.82, 2.24) is 0 Å². The second-order valence-corrected chi connectivity index (χ2v) is 6.24. The first-order chi connectivity index (χ1) is 9.88. The first kappa shape index (κ1) is 16.1. The molecule has 0 aliphatic rings. The minimum atomic E-state index is -0.566. The van der Waals surface area contributed by atoms with Crippen LogP contribution in [0.5, 0.6) is 5.75 Å². The zero-order chi connectivity index (χ0) is 15.6. The number of halogens is 2. The predicted molar refractivity (Wildman–Crippen MR) is 89.5 cm³/mol. The van der Waals surface area contributed by atoms with Gasteiger partial charge in [-0.05, 0) is 56.2 Å². The van der Waals surface area contributed by atoms with E-state index in [1.54, 1.807) is 31.2 Å². The van der Waals surface area contributed by atoms with E-state index in [2.05, 4.69) is 15.9 Å². The van der Waals surface area contributed by atoms with Gasteiger partial charge in [0.1, 0.15) is 5.75 Å². The molecule has 0 aromatic heterocycles. The van der Waals surface area contributed by atoms with Crippen LogP contribution in [0.4, 0.5) is 0 Å². The van der Waals surface area contributed by atoms with E-state index in [1.807, 2.05) is 26.0 Å². The summed E-state index contributed by atoms with van der Waals surface area (Å²) < 4.78 is 6.83. The molecule has 0 saturated heterocycles. The zero-order valence-corrected chi connectivity index (χ0v) is 14.5. The molecule has 110 valence electrons. The number of carbonyl (C=O) groups excluding carboxylic acids is 1. The highest BCUT2D eigenvalue weighted by Gasteiger charge is 2.17. The van der Waals surface area contributed by atoms with Crippen LogP contribution in [0, 0.1) is 13.8 Å². The van der Waals surface area contributed by atoms with Crippen molar-refractivity contribution in [3.63, 3.8) is 0 Å². The number of ether oxygens (including phenoxy) is 1. The van der Waals surface area contributed by atoms with Gasteiger partial charge in [-0.25, -0.2) is 0 Å². The lowest BCUT2D eigenvalue weighted by Crippen LogP contribution is -2.24. The second kappa shape index (κ2) is 6.63. The SMILES string of the molecule is Cc1cc(OC(C)C(=O)c2cccc(Cl)c2)cc(C)c1Br. The third kappa shape index (κ3) is 3.86. The molecule has 0 heterocycles. The summed E-state index contributed by atoms with van der Waals surface area (Å²) in [7, 11) is 0. The Hall–Kier alpha value is -1.32. The maximum absolute atomic E-state index is 12.3. The molecular formula is C17H16BrClO2. The van der Waals surface area contributed by atoms with E-state index in [0.29, 0.717) is 16.3 Å². The van der Waals surface area contributed by atoms with Crippen molar-refractivity contribution in [3.8, 4) is 5.75 Å². The number of Topliss-reactive ketones (excluding diaryl/α,β-unsaturated/α-hetero) is 1. The van der Waals surface area contributed by atoms with E-state index in [0.717, 1.165) is 15.6 Å². The van der Waals surface area contributed by atoms with E-state index in [-0.39, 0.29) is 5.78 Å².